The molecule has 0 saturated heterocycles. The van der Waals surface area contributed by atoms with Gasteiger partial charge in [-0.1, -0.05) is 206 Å². The van der Waals surface area contributed by atoms with Gasteiger partial charge in [-0.2, -0.15) is 0 Å². The summed E-state index contributed by atoms with van der Waals surface area (Å²) in [7, 11) is 0. The maximum atomic E-state index is 5.30. The average Bonchev–Trinajstić information content (AvgIpc) is 3.76. The van der Waals surface area contributed by atoms with Crippen LogP contribution in [0.2, 0.25) is 0 Å². The van der Waals surface area contributed by atoms with Crippen LogP contribution in [0.15, 0.2) is 224 Å². The van der Waals surface area contributed by atoms with E-state index in [0.29, 0.717) is 5.82 Å². The van der Waals surface area contributed by atoms with E-state index < -0.39 is 0 Å². The van der Waals surface area contributed by atoms with Crippen LogP contribution in [0.3, 0.4) is 0 Å². The monoisotopic (exact) mass is 795 g/mol. The fourth-order valence-corrected chi connectivity index (χ4v) is 9.63. The molecule has 0 amide bonds. The third-order valence-electron chi connectivity index (χ3n) is 11.3. The predicted molar refractivity (Wildman–Crippen MR) is 256 cm³/mol. The van der Waals surface area contributed by atoms with Gasteiger partial charge in [-0.05, 0) is 51.6 Å². The van der Waals surface area contributed by atoms with Gasteiger partial charge in [-0.15, -0.1) is 11.3 Å². The van der Waals surface area contributed by atoms with Crippen LogP contribution in [0.4, 0.5) is 0 Å². The molecule has 0 aliphatic heterocycles. The van der Waals surface area contributed by atoms with E-state index in [-0.39, 0.29) is 0 Å². The lowest BCUT2D eigenvalue weighted by Crippen LogP contribution is -1.96. The van der Waals surface area contributed by atoms with Gasteiger partial charge in [0, 0.05) is 43.5 Å². The third kappa shape index (κ3) is 6.99. The predicted octanol–water partition coefficient (Wildman–Crippen LogP) is 15.6. The molecule has 11 aromatic rings. The first-order valence-corrected chi connectivity index (χ1v) is 21.3. The highest BCUT2D eigenvalue weighted by Crippen LogP contribution is 2.50. The van der Waals surface area contributed by atoms with Gasteiger partial charge in [-0.25, -0.2) is 15.0 Å². The van der Waals surface area contributed by atoms with Crippen LogP contribution in [-0.2, 0) is 0 Å². The van der Waals surface area contributed by atoms with Crippen molar-refractivity contribution in [1.29, 1.82) is 0 Å². The second-order valence-corrected chi connectivity index (χ2v) is 16.2. The zero-order valence-corrected chi connectivity index (χ0v) is 33.9. The Morgan fingerprint density at radius 1 is 0.311 bits per heavy atom. The Bertz CT molecular complexity index is 3210. The highest BCUT2D eigenvalue weighted by atomic mass is 32.1. The Morgan fingerprint density at radius 3 is 1.39 bits per heavy atom. The SMILES string of the molecule is c1ccc(-c2ccc(-c3cc(-c4cccc(-c5sc6c(-c7ccccc7)nc7ccccc7c6c5-c5ccccc5)c4)nc(-c4ccc(-c5ccccc5)cc4)n3)cc2)cc1. The lowest BCUT2D eigenvalue weighted by atomic mass is 9.94. The minimum atomic E-state index is 0.682. The van der Waals surface area contributed by atoms with E-state index in [2.05, 4.69) is 212 Å². The van der Waals surface area contributed by atoms with Crippen molar-refractivity contribution in [3.05, 3.63) is 224 Å². The molecule has 3 heterocycles. The van der Waals surface area contributed by atoms with E-state index in [0.717, 1.165) is 61.4 Å². The van der Waals surface area contributed by atoms with Gasteiger partial charge in [0.05, 0.1) is 27.3 Å². The standard InChI is InChI=1S/C57H37N3S/c1-5-16-38(17-6-1)40-28-32-42(33-29-40)50-37-51(60-57(59-50)45-34-30-41(31-35-45)39-18-7-2-8-19-39)46-24-15-25-47(36-46)55-52(43-20-9-3-10-21-43)53-48-26-13-14-27-49(48)58-54(56(53)61-55)44-22-11-4-12-23-44/h1-37H. The van der Waals surface area contributed by atoms with Crippen LogP contribution in [0.25, 0.3) is 110 Å². The number of aromatic nitrogens is 3. The maximum absolute atomic E-state index is 5.30. The molecule has 0 radical (unpaired) electrons. The van der Waals surface area contributed by atoms with Gasteiger partial charge in [0.15, 0.2) is 5.82 Å². The summed E-state index contributed by atoms with van der Waals surface area (Å²) >= 11 is 1.82. The van der Waals surface area contributed by atoms with Gasteiger partial charge in [-0.3, -0.25) is 0 Å². The lowest BCUT2D eigenvalue weighted by molar-refractivity contribution is 1.18. The smallest absolute Gasteiger partial charge is 0.160 e. The number of benzene rings is 8. The minimum Gasteiger partial charge on any atom is -0.246 e. The largest absolute Gasteiger partial charge is 0.246 e. The van der Waals surface area contributed by atoms with Crippen LogP contribution < -0.4 is 0 Å². The van der Waals surface area contributed by atoms with Gasteiger partial charge in [0.2, 0.25) is 0 Å². The van der Waals surface area contributed by atoms with Crippen LogP contribution in [0.1, 0.15) is 0 Å². The quantitative estimate of drug-likeness (QED) is 0.154. The van der Waals surface area contributed by atoms with E-state index in [4.69, 9.17) is 15.0 Å². The lowest BCUT2D eigenvalue weighted by Gasteiger charge is -2.12. The number of thiophene rings is 1. The molecule has 0 saturated carbocycles. The van der Waals surface area contributed by atoms with Gasteiger partial charge in [0.1, 0.15) is 0 Å². The van der Waals surface area contributed by atoms with E-state index in [9.17, 15) is 0 Å². The van der Waals surface area contributed by atoms with E-state index in [1.54, 1.807) is 0 Å². The molecular formula is C57H37N3S. The van der Waals surface area contributed by atoms with Crippen LogP contribution in [0, 0.1) is 0 Å². The second-order valence-electron chi connectivity index (χ2n) is 15.1. The summed E-state index contributed by atoms with van der Waals surface area (Å²) in [4.78, 5) is 17.0. The van der Waals surface area contributed by atoms with Crippen molar-refractivity contribution in [2.45, 2.75) is 0 Å². The molecule has 3 nitrogen and oxygen atoms in total. The highest BCUT2D eigenvalue weighted by Gasteiger charge is 2.23. The summed E-state index contributed by atoms with van der Waals surface area (Å²) in [5.74, 6) is 0.682. The first-order chi connectivity index (χ1) is 30.2. The van der Waals surface area contributed by atoms with E-state index in [1.807, 2.05) is 23.5 Å². The molecule has 0 bridgehead atoms. The van der Waals surface area contributed by atoms with Crippen molar-refractivity contribution in [1.82, 2.24) is 15.0 Å². The second kappa shape index (κ2) is 15.8. The molecule has 286 valence electrons. The minimum absolute atomic E-state index is 0.682. The fraction of sp³-hybridized carbons (Fsp3) is 0. The Morgan fingerprint density at radius 2 is 0.770 bits per heavy atom. The normalized spacial score (nSPS) is 11.3. The first kappa shape index (κ1) is 36.3. The molecular weight excluding hydrogens is 759 g/mol. The van der Waals surface area contributed by atoms with Crippen molar-refractivity contribution in [2.24, 2.45) is 0 Å². The number of hydrogen-bond donors (Lipinski definition) is 0. The average molecular weight is 796 g/mol. The number of pyridine rings is 1. The number of hydrogen-bond acceptors (Lipinski definition) is 4. The zero-order chi connectivity index (χ0) is 40.5. The topological polar surface area (TPSA) is 38.7 Å². The summed E-state index contributed by atoms with van der Waals surface area (Å²) in [5, 5.41) is 2.38. The van der Waals surface area contributed by atoms with E-state index >= 15 is 0 Å². The Balaban J connectivity index is 1.09. The molecule has 0 atom stereocenters. The number of rotatable bonds is 8. The fourth-order valence-electron chi connectivity index (χ4n) is 8.28. The molecule has 61 heavy (non-hydrogen) atoms. The molecule has 0 fully saturated rings. The Labute approximate surface area is 359 Å². The highest BCUT2D eigenvalue weighted by molar-refractivity contribution is 7.23. The van der Waals surface area contributed by atoms with Gasteiger partial charge >= 0.3 is 0 Å². The summed E-state index contributed by atoms with van der Waals surface area (Å²) in [6.45, 7) is 0. The Hall–Kier alpha value is -7.79. The van der Waals surface area contributed by atoms with Gasteiger partial charge in [0.25, 0.3) is 0 Å². The van der Waals surface area contributed by atoms with Crippen LogP contribution >= 0.6 is 11.3 Å². The Kier molecular flexibility index (Phi) is 9.38. The first-order valence-electron chi connectivity index (χ1n) is 20.5. The molecule has 11 rings (SSSR count). The number of para-hydroxylation sites is 1. The van der Waals surface area contributed by atoms with Gasteiger partial charge < -0.3 is 0 Å². The number of fused-ring (bicyclic) bond motifs is 3. The number of nitrogens with zero attached hydrogens (tertiary/aromatic N) is 3. The van der Waals surface area contributed by atoms with E-state index in [1.165, 1.54) is 42.8 Å². The molecule has 0 aliphatic rings. The molecule has 0 spiro atoms. The summed E-state index contributed by atoms with van der Waals surface area (Å²) < 4.78 is 1.17. The maximum Gasteiger partial charge on any atom is 0.160 e. The molecule has 8 aromatic carbocycles. The van der Waals surface area contributed by atoms with Crippen LogP contribution in [-0.4, -0.2) is 15.0 Å². The molecule has 3 aromatic heterocycles. The molecule has 0 unspecified atom stereocenters. The summed E-state index contributed by atoms with van der Waals surface area (Å²) in [6, 6.07) is 79.1. The molecule has 0 aliphatic carbocycles. The van der Waals surface area contributed by atoms with Crippen LogP contribution in [0.5, 0.6) is 0 Å². The van der Waals surface area contributed by atoms with Crippen molar-refractivity contribution in [3.8, 4) is 89.0 Å². The van der Waals surface area contributed by atoms with Crippen molar-refractivity contribution in [2.75, 3.05) is 0 Å². The van der Waals surface area contributed by atoms with Crippen molar-refractivity contribution >= 4 is 32.3 Å². The third-order valence-corrected chi connectivity index (χ3v) is 12.6. The zero-order valence-electron chi connectivity index (χ0n) is 33.1. The van der Waals surface area contributed by atoms with Crippen molar-refractivity contribution in [3.63, 3.8) is 0 Å². The van der Waals surface area contributed by atoms with Crippen molar-refractivity contribution < 1.29 is 0 Å². The molecule has 0 N–H and O–H groups in total. The summed E-state index contributed by atoms with van der Waals surface area (Å²) in [6.07, 6.45) is 0. The molecule has 4 heteroatoms. The summed E-state index contributed by atoms with van der Waals surface area (Å²) in [5.41, 5.74) is 16.0.